The number of esters is 3. The summed E-state index contributed by atoms with van der Waals surface area (Å²) in [5.41, 5.74) is 0. The van der Waals surface area contributed by atoms with Crippen molar-refractivity contribution in [1.82, 2.24) is 0 Å². The minimum atomic E-state index is -0.826. The number of allylic oxidation sites excluding steroid dienone is 7. The van der Waals surface area contributed by atoms with Crippen molar-refractivity contribution in [2.45, 2.75) is 226 Å². The second-order valence-corrected chi connectivity index (χ2v) is 14.9. The number of unbranched alkanes of at least 4 members (excludes halogenated alkanes) is 22. The van der Waals surface area contributed by atoms with Gasteiger partial charge in [0.2, 0.25) is 0 Å². The molecule has 1 unspecified atom stereocenters. The Morgan fingerprint density at radius 3 is 1.28 bits per heavy atom. The highest BCUT2D eigenvalue weighted by Crippen LogP contribution is 2.15. The van der Waals surface area contributed by atoms with Crippen LogP contribution in [-0.2, 0) is 28.6 Å². The molecule has 0 amide bonds. The third-order valence-corrected chi connectivity index (χ3v) is 9.60. The van der Waals surface area contributed by atoms with Gasteiger partial charge in [-0.1, -0.05) is 198 Å². The number of ether oxygens (including phenoxy) is 3. The summed E-state index contributed by atoms with van der Waals surface area (Å²) in [6, 6.07) is 0. The summed E-state index contributed by atoms with van der Waals surface area (Å²) in [4.78, 5) is 37.5. The van der Waals surface area contributed by atoms with Crippen molar-refractivity contribution in [1.29, 1.82) is 0 Å². The Labute approximate surface area is 333 Å². The Hall–Kier alpha value is -2.63. The third kappa shape index (κ3) is 40.6. The van der Waals surface area contributed by atoms with Crippen LogP contribution in [0.25, 0.3) is 0 Å². The van der Waals surface area contributed by atoms with E-state index < -0.39 is 12.1 Å². The molecule has 0 N–H and O–H groups in total. The largest absolute Gasteiger partial charge is 0.462 e. The molecule has 0 aromatic rings. The van der Waals surface area contributed by atoms with Crippen molar-refractivity contribution in [2.75, 3.05) is 13.2 Å². The molecule has 0 heterocycles. The smallest absolute Gasteiger partial charge is 0.310 e. The van der Waals surface area contributed by atoms with Crippen molar-refractivity contribution in [2.24, 2.45) is 0 Å². The zero-order valence-electron chi connectivity index (χ0n) is 35.5. The van der Waals surface area contributed by atoms with Gasteiger partial charge in [0.25, 0.3) is 0 Å². The van der Waals surface area contributed by atoms with Crippen molar-refractivity contribution < 1.29 is 28.6 Å². The van der Waals surface area contributed by atoms with Crippen LogP contribution in [0, 0.1) is 0 Å². The first-order chi connectivity index (χ1) is 26.5. The van der Waals surface area contributed by atoms with Gasteiger partial charge in [-0.3, -0.25) is 14.4 Å². The molecule has 0 aliphatic rings. The van der Waals surface area contributed by atoms with Crippen LogP contribution in [0.4, 0.5) is 0 Å². The fourth-order valence-electron chi connectivity index (χ4n) is 6.21. The van der Waals surface area contributed by atoms with Gasteiger partial charge in [-0.25, -0.2) is 0 Å². The molecule has 0 spiro atoms. The minimum Gasteiger partial charge on any atom is -0.462 e. The van der Waals surface area contributed by atoms with Crippen LogP contribution in [-0.4, -0.2) is 37.2 Å². The van der Waals surface area contributed by atoms with E-state index >= 15 is 0 Å². The van der Waals surface area contributed by atoms with Crippen LogP contribution in [0.3, 0.4) is 0 Å². The standard InChI is InChI=1S/C48H84O6/c1-4-7-10-13-16-19-20-21-22-23-24-25-26-27-30-32-35-38-41-47(50)53-44-45(54-48(51)42-39-36-33-29-18-15-12-9-6-3)43-52-46(49)40-37-34-31-28-17-14-11-8-5-2/h9,12,18,28-29,31,36,39,45H,4-8,10-11,13-17,19-27,30,32-35,37-38,40-44H2,1-3H3/b12-9-,29-18-,31-28-,39-36-. The predicted octanol–water partition coefficient (Wildman–Crippen LogP) is 14.4. The second kappa shape index (κ2) is 43.1. The number of hydrogen-bond donors (Lipinski definition) is 0. The molecule has 0 aliphatic carbocycles. The SMILES string of the molecule is CC/C=C\C/C=C\C/C=C\CC(=O)OC(COC(=O)CCC/C=C\CCCCCC)COC(=O)CCCCCCCCCCCCCCCCCCCC. The normalized spacial score (nSPS) is 12.4. The van der Waals surface area contributed by atoms with Gasteiger partial charge < -0.3 is 14.2 Å². The van der Waals surface area contributed by atoms with Gasteiger partial charge in [0.05, 0.1) is 6.42 Å². The summed E-state index contributed by atoms with van der Waals surface area (Å²) >= 11 is 0. The first-order valence-corrected chi connectivity index (χ1v) is 22.6. The summed E-state index contributed by atoms with van der Waals surface area (Å²) in [6.45, 7) is 6.36. The van der Waals surface area contributed by atoms with Gasteiger partial charge in [-0.2, -0.15) is 0 Å². The monoisotopic (exact) mass is 757 g/mol. The molecule has 0 saturated heterocycles. The molecule has 0 saturated carbocycles. The average Bonchev–Trinajstić information content (AvgIpc) is 3.17. The van der Waals surface area contributed by atoms with Gasteiger partial charge in [-0.05, 0) is 51.4 Å². The molecule has 1 atom stereocenters. The van der Waals surface area contributed by atoms with Crippen molar-refractivity contribution in [3.05, 3.63) is 48.6 Å². The van der Waals surface area contributed by atoms with Crippen molar-refractivity contribution >= 4 is 17.9 Å². The molecule has 6 heteroatoms. The van der Waals surface area contributed by atoms with E-state index in [0.29, 0.717) is 19.3 Å². The van der Waals surface area contributed by atoms with Gasteiger partial charge in [0.15, 0.2) is 6.10 Å². The lowest BCUT2D eigenvalue weighted by atomic mass is 10.0. The maximum atomic E-state index is 12.6. The van der Waals surface area contributed by atoms with Crippen LogP contribution < -0.4 is 0 Å². The Morgan fingerprint density at radius 2 is 0.796 bits per heavy atom. The summed E-state index contributed by atoms with van der Waals surface area (Å²) < 4.78 is 16.5. The van der Waals surface area contributed by atoms with E-state index in [4.69, 9.17) is 14.2 Å². The first kappa shape index (κ1) is 51.4. The molecule has 0 aliphatic heterocycles. The fraction of sp³-hybridized carbons (Fsp3) is 0.771. The molecule has 0 rings (SSSR count). The lowest BCUT2D eigenvalue weighted by molar-refractivity contribution is -0.166. The van der Waals surface area contributed by atoms with E-state index in [1.807, 2.05) is 6.08 Å². The summed E-state index contributed by atoms with van der Waals surface area (Å²) in [6.07, 6.45) is 50.1. The molecule has 312 valence electrons. The quantitative estimate of drug-likeness (QED) is 0.0268. The molecule has 0 aromatic heterocycles. The molecule has 6 nitrogen and oxygen atoms in total. The summed E-state index contributed by atoms with van der Waals surface area (Å²) in [7, 11) is 0. The van der Waals surface area contributed by atoms with Crippen LogP contribution in [0.1, 0.15) is 220 Å². The van der Waals surface area contributed by atoms with Crippen molar-refractivity contribution in [3.8, 4) is 0 Å². The van der Waals surface area contributed by atoms with E-state index in [2.05, 4.69) is 57.2 Å². The van der Waals surface area contributed by atoms with E-state index in [9.17, 15) is 14.4 Å². The Bertz CT molecular complexity index is 964. The van der Waals surface area contributed by atoms with E-state index in [-0.39, 0.29) is 31.6 Å². The highest BCUT2D eigenvalue weighted by Gasteiger charge is 2.19. The van der Waals surface area contributed by atoms with Gasteiger partial charge >= 0.3 is 17.9 Å². The maximum Gasteiger partial charge on any atom is 0.310 e. The zero-order valence-corrected chi connectivity index (χ0v) is 35.5. The van der Waals surface area contributed by atoms with E-state index in [1.165, 1.54) is 122 Å². The second-order valence-electron chi connectivity index (χ2n) is 14.9. The average molecular weight is 757 g/mol. The zero-order chi connectivity index (χ0) is 39.4. The lowest BCUT2D eigenvalue weighted by Gasteiger charge is -2.18. The summed E-state index contributed by atoms with van der Waals surface area (Å²) in [5, 5.41) is 0. The molecule has 0 fully saturated rings. The molecule has 0 bridgehead atoms. The van der Waals surface area contributed by atoms with E-state index in [0.717, 1.165) is 51.4 Å². The molecule has 54 heavy (non-hydrogen) atoms. The maximum absolute atomic E-state index is 12.6. The molecular weight excluding hydrogens is 673 g/mol. The number of rotatable bonds is 40. The predicted molar refractivity (Wildman–Crippen MR) is 229 cm³/mol. The van der Waals surface area contributed by atoms with Crippen LogP contribution in [0.2, 0.25) is 0 Å². The minimum absolute atomic E-state index is 0.103. The van der Waals surface area contributed by atoms with Gasteiger partial charge in [0.1, 0.15) is 13.2 Å². The molecular formula is C48H84O6. The van der Waals surface area contributed by atoms with Crippen LogP contribution in [0.15, 0.2) is 48.6 Å². The lowest BCUT2D eigenvalue weighted by Crippen LogP contribution is -2.30. The molecule has 0 radical (unpaired) electrons. The van der Waals surface area contributed by atoms with Gasteiger partial charge in [-0.15, -0.1) is 0 Å². The Balaban J connectivity index is 4.30. The first-order valence-electron chi connectivity index (χ1n) is 22.6. The van der Waals surface area contributed by atoms with Crippen LogP contribution in [0.5, 0.6) is 0 Å². The number of hydrogen-bond acceptors (Lipinski definition) is 6. The fourth-order valence-corrected chi connectivity index (χ4v) is 6.21. The van der Waals surface area contributed by atoms with Crippen molar-refractivity contribution in [3.63, 3.8) is 0 Å². The number of carbonyl (C=O) groups is 3. The van der Waals surface area contributed by atoms with E-state index in [1.54, 1.807) is 6.08 Å². The van der Waals surface area contributed by atoms with Gasteiger partial charge in [0, 0.05) is 12.8 Å². The molecule has 0 aromatic carbocycles. The highest BCUT2D eigenvalue weighted by atomic mass is 16.6. The van der Waals surface area contributed by atoms with Crippen LogP contribution >= 0.6 is 0 Å². The summed E-state index contributed by atoms with van der Waals surface area (Å²) in [5.74, 6) is -1.08. The highest BCUT2D eigenvalue weighted by molar-refractivity contribution is 5.72. The Kier molecular flexibility index (Phi) is 41.0. The topological polar surface area (TPSA) is 78.9 Å². The third-order valence-electron chi connectivity index (χ3n) is 9.60. The Morgan fingerprint density at radius 1 is 0.407 bits per heavy atom. The number of carbonyl (C=O) groups excluding carboxylic acids is 3.